The minimum absolute atomic E-state index is 0.0914. The first-order valence-electron chi connectivity index (χ1n) is 6.42. The van der Waals surface area contributed by atoms with Crippen LogP contribution in [0.1, 0.15) is 40.9 Å². The normalized spacial score (nSPS) is 10.1. The maximum atomic E-state index is 11.9. The zero-order chi connectivity index (χ0) is 14.4. The van der Waals surface area contributed by atoms with E-state index < -0.39 is 5.97 Å². The smallest absolute Gasteiger partial charge is 0.338 e. The van der Waals surface area contributed by atoms with E-state index in [-0.39, 0.29) is 12.4 Å². The molecule has 1 rings (SSSR count). The highest BCUT2D eigenvalue weighted by atomic mass is 16.5. The third-order valence-corrected chi connectivity index (χ3v) is 2.74. The van der Waals surface area contributed by atoms with Crippen LogP contribution in [0, 0.1) is 13.8 Å². The lowest BCUT2D eigenvalue weighted by Gasteiger charge is -2.12. The van der Waals surface area contributed by atoms with E-state index in [1.807, 2.05) is 19.9 Å². The molecule has 0 atom stereocenters. The predicted molar refractivity (Wildman–Crippen MR) is 72.2 cm³/mol. The minimum Gasteiger partial charge on any atom is -0.466 e. The molecular formula is C15H20O4. The van der Waals surface area contributed by atoms with Crippen LogP contribution in [-0.4, -0.2) is 25.2 Å². The number of ether oxygens (including phenoxy) is 2. The summed E-state index contributed by atoms with van der Waals surface area (Å²) in [6, 6.07) is 3.69. The zero-order valence-electron chi connectivity index (χ0n) is 11.9. The summed E-state index contributed by atoms with van der Waals surface area (Å²) in [5.41, 5.74) is 3.00. The average Bonchev–Trinajstić information content (AvgIpc) is 2.33. The Morgan fingerprint density at radius 2 is 1.68 bits per heavy atom. The molecule has 0 aliphatic heterocycles. The molecule has 4 heteroatoms. The highest BCUT2D eigenvalue weighted by Gasteiger charge is 2.18. The van der Waals surface area contributed by atoms with Gasteiger partial charge in [0.05, 0.1) is 25.2 Å². The number of hydrogen-bond donors (Lipinski definition) is 0. The molecule has 0 amide bonds. The molecule has 0 bridgehead atoms. The fourth-order valence-corrected chi connectivity index (χ4v) is 1.98. The van der Waals surface area contributed by atoms with E-state index in [0.717, 1.165) is 11.1 Å². The first-order chi connectivity index (χ1) is 8.99. The molecule has 0 fully saturated rings. The largest absolute Gasteiger partial charge is 0.466 e. The van der Waals surface area contributed by atoms with Gasteiger partial charge in [-0.25, -0.2) is 4.79 Å². The van der Waals surface area contributed by atoms with E-state index in [0.29, 0.717) is 24.3 Å². The van der Waals surface area contributed by atoms with E-state index in [2.05, 4.69) is 0 Å². The first-order valence-corrected chi connectivity index (χ1v) is 6.42. The monoisotopic (exact) mass is 264 g/mol. The average molecular weight is 264 g/mol. The highest BCUT2D eigenvalue weighted by molar-refractivity contribution is 5.93. The van der Waals surface area contributed by atoms with Gasteiger partial charge in [-0.2, -0.15) is 0 Å². The molecule has 0 aromatic heterocycles. The van der Waals surface area contributed by atoms with Crippen LogP contribution < -0.4 is 0 Å². The Labute approximate surface area is 113 Å². The summed E-state index contributed by atoms with van der Waals surface area (Å²) >= 11 is 0. The van der Waals surface area contributed by atoms with Crippen LogP contribution in [0.5, 0.6) is 0 Å². The van der Waals surface area contributed by atoms with Gasteiger partial charge in [0, 0.05) is 0 Å². The topological polar surface area (TPSA) is 52.6 Å². The molecule has 19 heavy (non-hydrogen) atoms. The number of rotatable bonds is 5. The molecule has 0 radical (unpaired) electrons. The van der Waals surface area contributed by atoms with Gasteiger partial charge >= 0.3 is 11.9 Å². The van der Waals surface area contributed by atoms with Gasteiger partial charge in [0.25, 0.3) is 0 Å². The fourth-order valence-electron chi connectivity index (χ4n) is 1.98. The molecular weight excluding hydrogens is 244 g/mol. The second kappa shape index (κ2) is 6.92. The third-order valence-electron chi connectivity index (χ3n) is 2.74. The Balaban J connectivity index is 3.13. The lowest BCUT2D eigenvalue weighted by atomic mass is 9.96. The van der Waals surface area contributed by atoms with Gasteiger partial charge in [-0.05, 0) is 50.5 Å². The van der Waals surface area contributed by atoms with Crippen molar-refractivity contribution in [2.45, 2.75) is 34.1 Å². The molecule has 0 aliphatic carbocycles. The quantitative estimate of drug-likeness (QED) is 0.767. The van der Waals surface area contributed by atoms with Crippen molar-refractivity contribution in [2.24, 2.45) is 0 Å². The fraction of sp³-hybridized carbons (Fsp3) is 0.467. The van der Waals surface area contributed by atoms with Crippen molar-refractivity contribution >= 4 is 11.9 Å². The second-order valence-electron chi connectivity index (χ2n) is 4.31. The van der Waals surface area contributed by atoms with Crippen molar-refractivity contribution in [1.29, 1.82) is 0 Å². The van der Waals surface area contributed by atoms with Crippen LogP contribution in [0.15, 0.2) is 12.1 Å². The first kappa shape index (κ1) is 15.2. The molecule has 104 valence electrons. The number of carbonyl (C=O) groups is 2. The molecule has 1 aromatic carbocycles. The van der Waals surface area contributed by atoms with E-state index in [1.54, 1.807) is 19.9 Å². The van der Waals surface area contributed by atoms with Gasteiger partial charge in [-0.3, -0.25) is 4.79 Å². The van der Waals surface area contributed by atoms with Crippen molar-refractivity contribution in [3.05, 3.63) is 34.4 Å². The lowest BCUT2D eigenvalue weighted by molar-refractivity contribution is -0.142. The molecule has 4 nitrogen and oxygen atoms in total. The van der Waals surface area contributed by atoms with E-state index in [1.165, 1.54) is 0 Å². The maximum Gasteiger partial charge on any atom is 0.338 e. The minimum atomic E-state index is -0.395. The Bertz CT molecular complexity index is 477. The lowest BCUT2D eigenvalue weighted by Crippen LogP contribution is -2.15. The molecule has 0 unspecified atom stereocenters. The van der Waals surface area contributed by atoms with Gasteiger partial charge < -0.3 is 9.47 Å². The summed E-state index contributed by atoms with van der Waals surface area (Å²) in [5, 5.41) is 0. The third kappa shape index (κ3) is 4.09. The molecule has 1 aromatic rings. The highest BCUT2D eigenvalue weighted by Crippen LogP contribution is 2.19. The molecule has 0 N–H and O–H groups in total. The molecule has 0 saturated carbocycles. The van der Waals surface area contributed by atoms with Crippen LogP contribution in [0.4, 0.5) is 0 Å². The summed E-state index contributed by atoms with van der Waals surface area (Å²) in [6.45, 7) is 7.94. The summed E-state index contributed by atoms with van der Waals surface area (Å²) in [7, 11) is 0. The summed E-state index contributed by atoms with van der Waals surface area (Å²) in [6.07, 6.45) is 0.0914. The molecule has 0 saturated heterocycles. The summed E-state index contributed by atoms with van der Waals surface area (Å²) in [4.78, 5) is 23.5. The standard InChI is InChI=1S/C15H20O4/c1-5-18-14(16)9-12-11(4)7-10(3)8-13(12)15(17)19-6-2/h7-8H,5-6,9H2,1-4H3. The van der Waals surface area contributed by atoms with Gasteiger partial charge in [-0.1, -0.05) is 6.07 Å². The van der Waals surface area contributed by atoms with E-state index >= 15 is 0 Å². The van der Waals surface area contributed by atoms with E-state index in [4.69, 9.17) is 9.47 Å². The number of carbonyl (C=O) groups excluding carboxylic acids is 2. The van der Waals surface area contributed by atoms with Gasteiger partial charge in [0.15, 0.2) is 0 Å². The van der Waals surface area contributed by atoms with Crippen LogP contribution in [-0.2, 0) is 20.7 Å². The Morgan fingerprint density at radius 3 is 2.26 bits per heavy atom. The van der Waals surface area contributed by atoms with Crippen LogP contribution in [0.25, 0.3) is 0 Å². The van der Waals surface area contributed by atoms with Crippen molar-refractivity contribution in [3.8, 4) is 0 Å². The SMILES string of the molecule is CCOC(=O)Cc1c(C)cc(C)cc1C(=O)OCC. The second-order valence-corrected chi connectivity index (χ2v) is 4.31. The van der Waals surface area contributed by atoms with Gasteiger partial charge in [0.2, 0.25) is 0 Å². The van der Waals surface area contributed by atoms with Crippen LogP contribution >= 0.6 is 0 Å². The molecule has 0 aliphatic rings. The number of aryl methyl sites for hydroxylation is 2. The Hall–Kier alpha value is -1.84. The Kier molecular flexibility index (Phi) is 5.55. The summed E-state index contributed by atoms with van der Waals surface area (Å²) < 4.78 is 9.96. The van der Waals surface area contributed by atoms with Crippen LogP contribution in [0.2, 0.25) is 0 Å². The molecule has 0 spiro atoms. The van der Waals surface area contributed by atoms with Crippen molar-refractivity contribution < 1.29 is 19.1 Å². The number of hydrogen-bond acceptors (Lipinski definition) is 4. The van der Waals surface area contributed by atoms with Crippen LogP contribution in [0.3, 0.4) is 0 Å². The Morgan fingerprint density at radius 1 is 1.05 bits per heavy atom. The van der Waals surface area contributed by atoms with Gasteiger partial charge in [-0.15, -0.1) is 0 Å². The maximum absolute atomic E-state index is 11.9. The number of benzene rings is 1. The van der Waals surface area contributed by atoms with Gasteiger partial charge in [0.1, 0.15) is 0 Å². The summed E-state index contributed by atoms with van der Waals surface area (Å²) in [5.74, 6) is -0.728. The van der Waals surface area contributed by atoms with E-state index in [9.17, 15) is 9.59 Å². The predicted octanol–water partition coefficient (Wildman–Crippen LogP) is 2.59. The van der Waals surface area contributed by atoms with Crippen molar-refractivity contribution in [3.63, 3.8) is 0 Å². The zero-order valence-corrected chi connectivity index (χ0v) is 11.9. The van der Waals surface area contributed by atoms with Crippen molar-refractivity contribution in [1.82, 2.24) is 0 Å². The number of esters is 2. The molecule has 0 heterocycles. The van der Waals surface area contributed by atoms with Crippen molar-refractivity contribution in [2.75, 3.05) is 13.2 Å².